The first-order valence-corrected chi connectivity index (χ1v) is 9.94. The van der Waals surface area contributed by atoms with Crippen LogP contribution in [0.4, 0.5) is 8.78 Å². The number of nitrogens with one attached hydrogen (secondary N) is 2. The van der Waals surface area contributed by atoms with Gasteiger partial charge >= 0.3 is 0 Å². The van der Waals surface area contributed by atoms with E-state index in [1.54, 1.807) is 13.0 Å². The van der Waals surface area contributed by atoms with E-state index in [1.165, 1.54) is 6.07 Å². The number of ether oxygens (including phenoxy) is 1. The molecule has 4 rings (SSSR count). The van der Waals surface area contributed by atoms with Crippen molar-refractivity contribution in [3.63, 3.8) is 0 Å². The average molecular weight is 445 g/mol. The Labute approximate surface area is 181 Å². The second kappa shape index (κ2) is 8.97. The van der Waals surface area contributed by atoms with Gasteiger partial charge in [-0.25, -0.2) is 8.78 Å². The highest BCUT2D eigenvalue weighted by Crippen LogP contribution is 2.34. The van der Waals surface area contributed by atoms with Crippen LogP contribution in [-0.2, 0) is 6.54 Å². The van der Waals surface area contributed by atoms with Gasteiger partial charge in [-0.15, -0.1) is 0 Å². The van der Waals surface area contributed by atoms with Crippen molar-refractivity contribution in [3.05, 3.63) is 70.8 Å². The van der Waals surface area contributed by atoms with Crippen LogP contribution in [0.15, 0.2) is 48.5 Å². The summed E-state index contributed by atoms with van der Waals surface area (Å²) in [5.74, 6) is -1.57. The molecule has 0 aliphatic heterocycles. The van der Waals surface area contributed by atoms with Gasteiger partial charge in [0.1, 0.15) is 11.5 Å². The number of aliphatic hydroxyl groups is 1. The van der Waals surface area contributed by atoms with Gasteiger partial charge < -0.3 is 15.2 Å². The molecule has 0 fully saturated rings. The summed E-state index contributed by atoms with van der Waals surface area (Å²) in [7, 11) is 0. The van der Waals surface area contributed by atoms with Crippen LogP contribution < -0.4 is 10.1 Å². The lowest BCUT2D eigenvalue weighted by atomic mass is 10.1. The number of aromatic nitrogens is 3. The highest BCUT2D eigenvalue weighted by molar-refractivity contribution is 6.33. The van der Waals surface area contributed by atoms with Crippen molar-refractivity contribution in [2.75, 3.05) is 6.54 Å². The molecule has 0 saturated carbocycles. The monoisotopic (exact) mass is 444 g/mol. The molecule has 0 radical (unpaired) electrons. The molecule has 2 aromatic heterocycles. The Morgan fingerprint density at radius 1 is 1.19 bits per heavy atom. The van der Waals surface area contributed by atoms with Crippen LogP contribution in [0, 0.1) is 11.6 Å². The van der Waals surface area contributed by atoms with Gasteiger partial charge in [-0.1, -0.05) is 29.8 Å². The molecule has 0 aliphatic rings. The Hall–Kier alpha value is -3.07. The summed E-state index contributed by atoms with van der Waals surface area (Å²) in [6.07, 6.45) is -0.553. The van der Waals surface area contributed by atoms with Gasteiger partial charge in [-0.05, 0) is 31.2 Å². The van der Waals surface area contributed by atoms with E-state index in [-0.39, 0.29) is 11.6 Å². The largest absolute Gasteiger partial charge is 0.436 e. The number of hydrogen-bond donors (Lipinski definition) is 3. The molecule has 0 amide bonds. The van der Waals surface area contributed by atoms with E-state index in [4.69, 9.17) is 16.3 Å². The number of aliphatic hydroxyl groups excluding tert-OH is 1. The predicted octanol–water partition coefficient (Wildman–Crippen LogP) is 4.82. The van der Waals surface area contributed by atoms with Crippen molar-refractivity contribution < 1.29 is 18.6 Å². The lowest BCUT2D eigenvalue weighted by molar-refractivity contribution is 0.191. The molecular weight excluding hydrogens is 426 g/mol. The summed E-state index contributed by atoms with van der Waals surface area (Å²) in [5, 5.41) is 21.1. The maximum atomic E-state index is 14.1. The first kappa shape index (κ1) is 21.2. The van der Waals surface area contributed by atoms with Crippen LogP contribution in [0.5, 0.6) is 11.6 Å². The topological polar surface area (TPSA) is 83.1 Å². The van der Waals surface area contributed by atoms with E-state index >= 15 is 0 Å². The number of aromatic amines is 1. The van der Waals surface area contributed by atoms with Crippen LogP contribution in [-0.4, -0.2) is 32.9 Å². The normalized spacial score (nSPS) is 12.3. The number of hydrogen-bond acceptors (Lipinski definition) is 5. The molecule has 160 valence electrons. The Morgan fingerprint density at radius 3 is 2.74 bits per heavy atom. The Bertz CT molecular complexity index is 1230. The maximum Gasteiger partial charge on any atom is 0.225 e. The van der Waals surface area contributed by atoms with E-state index in [2.05, 4.69) is 20.5 Å². The first-order valence-electron chi connectivity index (χ1n) is 9.57. The van der Waals surface area contributed by atoms with E-state index < -0.39 is 17.7 Å². The smallest absolute Gasteiger partial charge is 0.225 e. The molecule has 6 nitrogen and oxygen atoms in total. The van der Waals surface area contributed by atoms with E-state index in [1.807, 2.05) is 24.3 Å². The number of fused-ring (bicyclic) bond motifs is 1. The predicted molar refractivity (Wildman–Crippen MR) is 114 cm³/mol. The molecule has 1 atom stereocenters. The Balaban J connectivity index is 1.77. The highest BCUT2D eigenvalue weighted by atomic mass is 35.5. The van der Waals surface area contributed by atoms with Gasteiger partial charge in [-0.3, -0.25) is 5.10 Å². The number of halogens is 3. The van der Waals surface area contributed by atoms with Crippen molar-refractivity contribution in [3.8, 4) is 22.9 Å². The van der Waals surface area contributed by atoms with Crippen molar-refractivity contribution in [2.45, 2.75) is 19.6 Å². The van der Waals surface area contributed by atoms with Crippen molar-refractivity contribution >= 4 is 22.6 Å². The molecule has 0 bridgehead atoms. The van der Waals surface area contributed by atoms with Crippen LogP contribution >= 0.6 is 11.6 Å². The van der Waals surface area contributed by atoms with E-state index in [9.17, 15) is 13.9 Å². The van der Waals surface area contributed by atoms with Crippen molar-refractivity contribution in [1.82, 2.24) is 20.5 Å². The fraction of sp³-hybridized carbons (Fsp3) is 0.182. The third kappa shape index (κ3) is 4.66. The molecule has 2 aromatic carbocycles. The molecule has 9 heteroatoms. The SMILES string of the molecule is C[C@H](O)CNCc1cc2c(-c3ccccc3Cl)n[nH]c2nc1Oc1ccc(F)cc1F. The van der Waals surface area contributed by atoms with Crippen molar-refractivity contribution in [1.29, 1.82) is 0 Å². The fourth-order valence-corrected chi connectivity index (χ4v) is 3.35. The second-order valence-corrected chi connectivity index (χ2v) is 7.46. The molecule has 4 aromatic rings. The van der Waals surface area contributed by atoms with Gasteiger partial charge in [-0.2, -0.15) is 10.1 Å². The second-order valence-electron chi connectivity index (χ2n) is 7.06. The number of benzene rings is 2. The van der Waals surface area contributed by atoms with Crippen LogP contribution in [0.1, 0.15) is 12.5 Å². The third-order valence-corrected chi connectivity index (χ3v) is 4.90. The zero-order valence-electron chi connectivity index (χ0n) is 16.5. The van der Waals surface area contributed by atoms with Crippen LogP contribution in [0.2, 0.25) is 5.02 Å². The molecule has 0 aliphatic carbocycles. The maximum absolute atomic E-state index is 14.1. The lowest BCUT2D eigenvalue weighted by Gasteiger charge is -2.13. The molecule has 3 N–H and O–H groups in total. The Morgan fingerprint density at radius 2 is 2.00 bits per heavy atom. The lowest BCUT2D eigenvalue weighted by Crippen LogP contribution is -2.24. The first-order chi connectivity index (χ1) is 14.9. The van der Waals surface area contributed by atoms with E-state index in [0.29, 0.717) is 40.4 Å². The Kier molecular flexibility index (Phi) is 6.13. The van der Waals surface area contributed by atoms with Gasteiger partial charge in [0.25, 0.3) is 0 Å². The minimum Gasteiger partial charge on any atom is -0.436 e. The fourth-order valence-electron chi connectivity index (χ4n) is 3.12. The summed E-state index contributed by atoms with van der Waals surface area (Å²) in [5.41, 5.74) is 2.38. The molecule has 0 saturated heterocycles. The van der Waals surface area contributed by atoms with Crippen LogP contribution in [0.25, 0.3) is 22.3 Å². The molecule has 2 heterocycles. The zero-order valence-corrected chi connectivity index (χ0v) is 17.3. The molecule has 0 spiro atoms. The summed E-state index contributed by atoms with van der Waals surface area (Å²) < 4.78 is 33.0. The average Bonchev–Trinajstić information content (AvgIpc) is 3.12. The molecule has 31 heavy (non-hydrogen) atoms. The van der Waals surface area contributed by atoms with Gasteiger partial charge in [0.15, 0.2) is 17.2 Å². The standard InChI is InChI=1S/C22H19ClF2N4O2/c1-12(30)10-26-11-13-8-16-20(15-4-2-3-5-17(15)23)28-29-21(16)27-22(13)31-19-7-6-14(24)9-18(19)25/h2-9,12,26,30H,10-11H2,1H3,(H,27,28,29)/t12-/m0/s1. The number of rotatable bonds is 7. The molecular formula is C22H19ClF2N4O2. The summed E-state index contributed by atoms with van der Waals surface area (Å²) in [6, 6.07) is 12.2. The zero-order chi connectivity index (χ0) is 22.0. The number of nitrogens with zero attached hydrogens (tertiary/aromatic N) is 2. The number of pyridine rings is 1. The van der Waals surface area contributed by atoms with E-state index in [0.717, 1.165) is 17.7 Å². The number of H-pyrrole nitrogens is 1. The highest BCUT2D eigenvalue weighted by Gasteiger charge is 2.18. The van der Waals surface area contributed by atoms with Gasteiger partial charge in [0, 0.05) is 35.7 Å². The minimum absolute atomic E-state index is 0.130. The van der Waals surface area contributed by atoms with Crippen LogP contribution in [0.3, 0.4) is 0 Å². The molecule has 0 unspecified atom stereocenters. The quantitative estimate of drug-likeness (QED) is 0.380. The summed E-state index contributed by atoms with van der Waals surface area (Å²) in [4.78, 5) is 4.46. The summed E-state index contributed by atoms with van der Waals surface area (Å²) >= 11 is 6.33. The van der Waals surface area contributed by atoms with Crippen molar-refractivity contribution in [2.24, 2.45) is 0 Å². The summed E-state index contributed by atoms with van der Waals surface area (Å²) in [6.45, 7) is 2.29. The van der Waals surface area contributed by atoms with Gasteiger partial charge in [0.05, 0.1) is 11.1 Å². The minimum atomic E-state index is -0.842. The third-order valence-electron chi connectivity index (χ3n) is 4.58. The van der Waals surface area contributed by atoms with Gasteiger partial charge in [0.2, 0.25) is 5.88 Å².